The fourth-order valence-corrected chi connectivity index (χ4v) is 3.56. The van der Waals surface area contributed by atoms with Crippen LogP contribution in [0.5, 0.6) is 5.75 Å². The molecule has 0 radical (unpaired) electrons. The average Bonchev–Trinajstić information content (AvgIpc) is 2.94. The van der Waals surface area contributed by atoms with Crippen LogP contribution in [0, 0.1) is 0 Å². The minimum atomic E-state index is -1.18. The van der Waals surface area contributed by atoms with Crippen molar-refractivity contribution >= 4 is 22.4 Å². The molecule has 0 N–H and O–H groups in total. The summed E-state index contributed by atoms with van der Waals surface area (Å²) in [4.78, 5) is 4.17. The number of halogens is 1. The van der Waals surface area contributed by atoms with Crippen molar-refractivity contribution in [2.45, 2.75) is 31.5 Å². The van der Waals surface area contributed by atoms with E-state index >= 15 is 0 Å². The summed E-state index contributed by atoms with van der Waals surface area (Å²) in [5.41, 5.74) is 1.68. The van der Waals surface area contributed by atoms with Crippen molar-refractivity contribution in [3.63, 3.8) is 0 Å². The predicted octanol–water partition coefficient (Wildman–Crippen LogP) is 2.60. The number of hydrogen-bond acceptors (Lipinski definition) is 6. The zero-order chi connectivity index (χ0) is 15.5. The van der Waals surface area contributed by atoms with Crippen molar-refractivity contribution in [2.24, 2.45) is 0 Å². The maximum Gasteiger partial charge on any atom is 0.226 e. The average molecular weight is 343 g/mol. The van der Waals surface area contributed by atoms with Crippen LogP contribution in [0.25, 0.3) is 0 Å². The lowest BCUT2D eigenvalue weighted by Gasteiger charge is -2.20. The Labute approximate surface area is 135 Å². The van der Waals surface area contributed by atoms with Crippen molar-refractivity contribution in [2.75, 3.05) is 6.79 Å². The molecule has 118 valence electrons. The number of nitrogens with zero attached hydrogens (tertiary/aromatic N) is 2. The van der Waals surface area contributed by atoms with E-state index in [9.17, 15) is 4.21 Å². The van der Waals surface area contributed by atoms with Crippen LogP contribution in [-0.2, 0) is 40.1 Å². The minimum absolute atomic E-state index is 0.193. The van der Waals surface area contributed by atoms with Crippen LogP contribution in [0.1, 0.15) is 29.8 Å². The van der Waals surface area contributed by atoms with Gasteiger partial charge in [0.05, 0.1) is 18.1 Å². The predicted molar refractivity (Wildman–Crippen MR) is 81.0 cm³/mol. The van der Waals surface area contributed by atoms with Gasteiger partial charge in [-0.2, -0.15) is 4.98 Å². The fourth-order valence-electron chi connectivity index (χ4n) is 2.22. The molecule has 8 heteroatoms. The summed E-state index contributed by atoms with van der Waals surface area (Å²) < 4.78 is 28.1. The lowest BCUT2D eigenvalue weighted by atomic mass is 10.1. The first-order valence-electron chi connectivity index (χ1n) is 6.84. The molecule has 1 aliphatic heterocycles. The highest BCUT2D eigenvalue weighted by atomic mass is 35.5. The number of benzene rings is 1. The molecular weight excluding hydrogens is 328 g/mol. The van der Waals surface area contributed by atoms with E-state index < -0.39 is 10.8 Å². The van der Waals surface area contributed by atoms with Gasteiger partial charge in [-0.1, -0.05) is 23.7 Å². The molecule has 1 aromatic carbocycles. The molecule has 0 fully saturated rings. The molecule has 3 rings (SSSR count). The van der Waals surface area contributed by atoms with Gasteiger partial charge in [-0.05, 0) is 12.1 Å². The second kappa shape index (κ2) is 6.76. The zero-order valence-corrected chi connectivity index (χ0v) is 13.6. The first-order chi connectivity index (χ1) is 10.7. The summed E-state index contributed by atoms with van der Waals surface area (Å²) in [6.45, 7) is 2.56. The Morgan fingerprint density at radius 1 is 1.36 bits per heavy atom. The van der Waals surface area contributed by atoms with E-state index in [1.165, 1.54) is 0 Å². The van der Waals surface area contributed by atoms with Gasteiger partial charge < -0.3 is 14.0 Å². The van der Waals surface area contributed by atoms with Crippen LogP contribution >= 0.6 is 11.6 Å². The number of aromatic nitrogens is 2. The standard InChI is InChI=1S/C14H15ClN2O4S/c1-2-13-16-12(17-21-13)7-22(18)6-10-4-11(15)3-9-5-19-8-20-14(9)10/h3-4H,2,5-8H2,1H3/t22-/m0/s1. The van der Waals surface area contributed by atoms with Crippen LogP contribution in [-0.4, -0.2) is 21.1 Å². The van der Waals surface area contributed by atoms with Crippen molar-refractivity contribution in [3.8, 4) is 5.75 Å². The molecule has 0 amide bonds. The lowest BCUT2D eigenvalue weighted by Crippen LogP contribution is -2.14. The van der Waals surface area contributed by atoms with Crippen LogP contribution in [0.2, 0.25) is 5.02 Å². The Kier molecular flexibility index (Phi) is 4.75. The van der Waals surface area contributed by atoms with E-state index in [4.69, 9.17) is 25.6 Å². The highest BCUT2D eigenvalue weighted by Gasteiger charge is 2.19. The van der Waals surface area contributed by atoms with E-state index in [1.807, 2.05) is 6.92 Å². The summed E-state index contributed by atoms with van der Waals surface area (Å²) in [6, 6.07) is 3.58. The second-order valence-corrected chi connectivity index (χ2v) is 6.74. The van der Waals surface area contributed by atoms with Gasteiger partial charge >= 0.3 is 0 Å². The highest BCUT2D eigenvalue weighted by Crippen LogP contribution is 2.32. The van der Waals surface area contributed by atoms with Crippen molar-refractivity contribution in [3.05, 3.63) is 40.0 Å². The molecule has 2 heterocycles. The Hall–Kier alpha value is -1.44. The van der Waals surface area contributed by atoms with Crippen LogP contribution in [0.4, 0.5) is 0 Å². The van der Waals surface area contributed by atoms with Gasteiger partial charge in [-0.3, -0.25) is 4.21 Å². The van der Waals surface area contributed by atoms with Gasteiger partial charge in [0.2, 0.25) is 5.89 Å². The Morgan fingerprint density at radius 3 is 3.00 bits per heavy atom. The summed E-state index contributed by atoms with van der Waals surface area (Å²) >= 11 is 6.10. The van der Waals surface area contributed by atoms with Crippen molar-refractivity contribution < 1.29 is 18.2 Å². The van der Waals surface area contributed by atoms with Gasteiger partial charge in [-0.25, -0.2) is 0 Å². The molecule has 0 unspecified atom stereocenters. The molecule has 0 bridgehead atoms. The van der Waals surface area contributed by atoms with E-state index in [0.29, 0.717) is 41.3 Å². The second-order valence-electron chi connectivity index (χ2n) is 4.85. The van der Waals surface area contributed by atoms with E-state index in [1.54, 1.807) is 12.1 Å². The third kappa shape index (κ3) is 3.48. The maximum absolute atomic E-state index is 12.3. The zero-order valence-electron chi connectivity index (χ0n) is 12.0. The van der Waals surface area contributed by atoms with Gasteiger partial charge in [-0.15, -0.1) is 0 Å². The van der Waals surface area contributed by atoms with E-state index in [-0.39, 0.29) is 12.5 Å². The van der Waals surface area contributed by atoms with Gasteiger partial charge in [0, 0.05) is 33.4 Å². The first kappa shape index (κ1) is 15.5. The molecule has 0 saturated carbocycles. The summed E-state index contributed by atoms with van der Waals surface area (Å²) in [5, 5.41) is 4.39. The van der Waals surface area contributed by atoms with Crippen LogP contribution < -0.4 is 4.74 Å². The number of ether oxygens (including phenoxy) is 2. The molecule has 0 aliphatic carbocycles. The number of rotatable bonds is 5. The smallest absolute Gasteiger partial charge is 0.226 e. The molecule has 22 heavy (non-hydrogen) atoms. The Morgan fingerprint density at radius 2 is 2.23 bits per heavy atom. The van der Waals surface area contributed by atoms with E-state index in [0.717, 1.165) is 11.1 Å². The van der Waals surface area contributed by atoms with Gasteiger partial charge in [0.1, 0.15) is 5.75 Å². The Bertz CT molecular complexity index is 704. The highest BCUT2D eigenvalue weighted by molar-refractivity contribution is 7.83. The SMILES string of the molecule is CCc1nc(C[S@@](=O)Cc2cc(Cl)cc3c2OCOC3)no1. The fraction of sp³-hybridized carbons (Fsp3) is 0.429. The molecule has 0 saturated heterocycles. The summed E-state index contributed by atoms with van der Waals surface area (Å²) in [5.74, 6) is 2.27. The number of fused-ring (bicyclic) bond motifs is 1. The quantitative estimate of drug-likeness (QED) is 0.831. The van der Waals surface area contributed by atoms with Crippen LogP contribution in [0.15, 0.2) is 16.7 Å². The third-order valence-electron chi connectivity index (χ3n) is 3.17. The molecule has 2 aromatic rings. The van der Waals surface area contributed by atoms with Crippen molar-refractivity contribution in [1.29, 1.82) is 0 Å². The Balaban J connectivity index is 1.75. The molecule has 1 aliphatic rings. The molecular formula is C14H15ClN2O4S. The lowest BCUT2D eigenvalue weighted by molar-refractivity contribution is -0.0169. The van der Waals surface area contributed by atoms with Crippen molar-refractivity contribution in [1.82, 2.24) is 10.1 Å². The number of hydrogen-bond donors (Lipinski definition) is 0. The van der Waals surface area contributed by atoms with Gasteiger partial charge in [0.25, 0.3) is 0 Å². The van der Waals surface area contributed by atoms with Crippen LogP contribution in [0.3, 0.4) is 0 Å². The first-order valence-corrected chi connectivity index (χ1v) is 8.70. The molecule has 0 spiro atoms. The maximum atomic E-state index is 12.3. The minimum Gasteiger partial charge on any atom is -0.467 e. The molecule has 6 nitrogen and oxygen atoms in total. The third-order valence-corrected chi connectivity index (χ3v) is 4.60. The summed E-state index contributed by atoms with van der Waals surface area (Å²) in [7, 11) is -1.18. The molecule has 1 atom stereocenters. The largest absolute Gasteiger partial charge is 0.467 e. The van der Waals surface area contributed by atoms with E-state index in [2.05, 4.69) is 10.1 Å². The monoisotopic (exact) mass is 342 g/mol. The normalized spacial score (nSPS) is 15.2. The topological polar surface area (TPSA) is 74.5 Å². The summed E-state index contributed by atoms with van der Waals surface area (Å²) in [6.07, 6.45) is 0.662. The van der Waals surface area contributed by atoms with Gasteiger partial charge in [0.15, 0.2) is 12.6 Å². The molecule has 1 aromatic heterocycles. The number of aryl methyl sites for hydroxylation is 1.